The standard InChI is InChI=1S/C13H19N3O3S2/c1-7(2)20-10-5-8(3)9(12(17)16-13(14)15)6-11(10)21(4,18)19/h5-7H,1-4H3,(H4,14,15,16,17). The zero-order chi connectivity index (χ0) is 16.4. The van der Waals surface area contributed by atoms with Gasteiger partial charge in [-0.25, -0.2) is 8.42 Å². The van der Waals surface area contributed by atoms with E-state index in [1.807, 2.05) is 13.8 Å². The van der Waals surface area contributed by atoms with Crippen LogP contribution in [0.15, 0.2) is 26.9 Å². The largest absolute Gasteiger partial charge is 0.370 e. The molecule has 1 aromatic carbocycles. The number of hydrogen-bond acceptors (Lipinski definition) is 4. The lowest BCUT2D eigenvalue weighted by Gasteiger charge is -2.13. The molecule has 0 radical (unpaired) electrons. The summed E-state index contributed by atoms with van der Waals surface area (Å²) in [6.07, 6.45) is 1.11. The van der Waals surface area contributed by atoms with Crippen LogP contribution in [0.5, 0.6) is 0 Å². The number of amides is 1. The number of guanidine groups is 1. The van der Waals surface area contributed by atoms with Gasteiger partial charge in [-0.05, 0) is 24.6 Å². The van der Waals surface area contributed by atoms with Crippen molar-refractivity contribution in [2.45, 2.75) is 35.8 Å². The van der Waals surface area contributed by atoms with Crippen LogP contribution >= 0.6 is 11.8 Å². The molecule has 0 bridgehead atoms. The lowest BCUT2D eigenvalue weighted by molar-refractivity contribution is 0.100. The molecular weight excluding hydrogens is 310 g/mol. The Morgan fingerprint density at radius 1 is 1.29 bits per heavy atom. The maximum Gasteiger partial charge on any atom is 0.280 e. The fourth-order valence-electron chi connectivity index (χ4n) is 1.71. The van der Waals surface area contributed by atoms with E-state index in [0.717, 1.165) is 6.26 Å². The van der Waals surface area contributed by atoms with Crippen LogP contribution in [-0.4, -0.2) is 31.8 Å². The number of aryl methyl sites for hydroxylation is 1. The molecule has 0 aliphatic heterocycles. The van der Waals surface area contributed by atoms with E-state index in [4.69, 9.17) is 11.5 Å². The summed E-state index contributed by atoms with van der Waals surface area (Å²) < 4.78 is 23.9. The van der Waals surface area contributed by atoms with Crippen molar-refractivity contribution in [2.75, 3.05) is 6.26 Å². The molecule has 0 spiro atoms. The van der Waals surface area contributed by atoms with Crippen molar-refractivity contribution in [1.82, 2.24) is 0 Å². The molecule has 0 saturated heterocycles. The lowest BCUT2D eigenvalue weighted by Crippen LogP contribution is -2.24. The van der Waals surface area contributed by atoms with Gasteiger partial charge < -0.3 is 11.5 Å². The molecule has 6 nitrogen and oxygen atoms in total. The Hall–Kier alpha value is -1.54. The summed E-state index contributed by atoms with van der Waals surface area (Å²) in [7, 11) is -3.46. The smallest absolute Gasteiger partial charge is 0.280 e. The third kappa shape index (κ3) is 4.75. The number of benzene rings is 1. The van der Waals surface area contributed by atoms with Crippen LogP contribution in [0.4, 0.5) is 0 Å². The van der Waals surface area contributed by atoms with Crippen LogP contribution in [0.3, 0.4) is 0 Å². The van der Waals surface area contributed by atoms with Crippen LogP contribution in [0.2, 0.25) is 0 Å². The summed E-state index contributed by atoms with van der Waals surface area (Å²) in [6.45, 7) is 5.64. The monoisotopic (exact) mass is 329 g/mol. The van der Waals surface area contributed by atoms with Crippen molar-refractivity contribution in [3.8, 4) is 0 Å². The molecule has 116 valence electrons. The summed E-state index contributed by atoms with van der Waals surface area (Å²) in [6, 6.07) is 3.01. The number of thioether (sulfide) groups is 1. The first-order valence-corrected chi connectivity index (χ1v) is 8.94. The van der Waals surface area contributed by atoms with Crippen molar-refractivity contribution in [1.29, 1.82) is 0 Å². The highest BCUT2D eigenvalue weighted by Gasteiger charge is 2.20. The molecule has 0 saturated carbocycles. The second kappa shape index (κ2) is 6.48. The van der Waals surface area contributed by atoms with Crippen molar-refractivity contribution in [3.63, 3.8) is 0 Å². The van der Waals surface area contributed by atoms with Crippen LogP contribution < -0.4 is 11.5 Å². The molecule has 21 heavy (non-hydrogen) atoms. The molecule has 8 heteroatoms. The molecular formula is C13H19N3O3S2. The average Bonchev–Trinajstić information content (AvgIpc) is 2.24. The predicted octanol–water partition coefficient (Wildman–Crippen LogP) is 1.31. The fraction of sp³-hybridized carbons (Fsp3) is 0.385. The van der Waals surface area contributed by atoms with Gasteiger partial charge in [-0.1, -0.05) is 13.8 Å². The number of nitrogens with two attached hydrogens (primary N) is 2. The quantitative estimate of drug-likeness (QED) is 0.489. The number of aliphatic imine (C=N–C) groups is 1. The van der Waals surface area contributed by atoms with Gasteiger partial charge in [-0.2, -0.15) is 4.99 Å². The van der Waals surface area contributed by atoms with E-state index in [2.05, 4.69) is 4.99 Å². The first kappa shape index (κ1) is 17.5. The molecule has 1 amide bonds. The first-order valence-electron chi connectivity index (χ1n) is 6.17. The third-order valence-electron chi connectivity index (χ3n) is 2.51. The topological polar surface area (TPSA) is 116 Å². The number of carbonyl (C=O) groups excluding carboxylic acids is 1. The van der Waals surface area contributed by atoms with Gasteiger partial charge in [-0.3, -0.25) is 4.79 Å². The second-order valence-corrected chi connectivity index (χ2v) is 8.50. The van der Waals surface area contributed by atoms with Gasteiger partial charge in [0.2, 0.25) is 0 Å². The van der Waals surface area contributed by atoms with Crippen LogP contribution in [0.25, 0.3) is 0 Å². The zero-order valence-corrected chi connectivity index (χ0v) is 14.0. The maximum absolute atomic E-state index is 11.9. The van der Waals surface area contributed by atoms with E-state index in [1.165, 1.54) is 17.8 Å². The van der Waals surface area contributed by atoms with E-state index >= 15 is 0 Å². The Labute approximate surface area is 128 Å². The van der Waals surface area contributed by atoms with Gasteiger partial charge in [0, 0.05) is 22.0 Å². The second-order valence-electron chi connectivity index (χ2n) is 4.89. The predicted molar refractivity (Wildman–Crippen MR) is 85.4 cm³/mol. The zero-order valence-electron chi connectivity index (χ0n) is 12.4. The molecule has 0 aliphatic carbocycles. The van der Waals surface area contributed by atoms with Gasteiger partial charge in [0.05, 0.1) is 4.90 Å². The normalized spacial score (nSPS) is 11.5. The van der Waals surface area contributed by atoms with Gasteiger partial charge in [0.1, 0.15) is 0 Å². The Balaban J connectivity index is 3.52. The Bertz CT molecular complexity index is 691. The Kier molecular flexibility index (Phi) is 5.41. The number of rotatable bonds is 4. The Morgan fingerprint density at radius 3 is 2.29 bits per heavy atom. The lowest BCUT2D eigenvalue weighted by atomic mass is 10.1. The van der Waals surface area contributed by atoms with Crippen LogP contribution in [0, 0.1) is 6.92 Å². The molecule has 1 rings (SSSR count). The van der Waals surface area contributed by atoms with Crippen molar-refractivity contribution in [2.24, 2.45) is 16.5 Å². The van der Waals surface area contributed by atoms with Crippen LogP contribution in [-0.2, 0) is 9.84 Å². The van der Waals surface area contributed by atoms with E-state index in [0.29, 0.717) is 10.5 Å². The minimum atomic E-state index is -3.46. The summed E-state index contributed by atoms with van der Waals surface area (Å²) >= 11 is 1.42. The molecule has 0 aromatic heterocycles. The highest BCUT2D eigenvalue weighted by atomic mass is 32.2. The van der Waals surface area contributed by atoms with Gasteiger partial charge in [-0.15, -0.1) is 11.8 Å². The van der Waals surface area contributed by atoms with E-state index in [1.54, 1.807) is 13.0 Å². The van der Waals surface area contributed by atoms with Crippen molar-refractivity contribution in [3.05, 3.63) is 23.3 Å². The summed E-state index contributed by atoms with van der Waals surface area (Å²) in [4.78, 5) is 16.1. The molecule has 1 aromatic rings. The number of sulfone groups is 1. The summed E-state index contributed by atoms with van der Waals surface area (Å²) in [5, 5.41) is 0.212. The molecule has 0 fully saturated rings. The number of carbonyl (C=O) groups is 1. The number of hydrogen-bond donors (Lipinski definition) is 2. The maximum atomic E-state index is 11.9. The molecule has 0 aliphatic rings. The fourth-order valence-corrected chi connectivity index (χ4v) is 3.99. The van der Waals surface area contributed by atoms with E-state index < -0.39 is 15.7 Å². The minimum Gasteiger partial charge on any atom is -0.370 e. The first-order chi connectivity index (χ1) is 9.52. The third-order valence-corrected chi connectivity index (χ3v) is 4.84. The highest BCUT2D eigenvalue weighted by molar-refractivity contribution is 8.00. The average molecular weight is 329 g/mol. The van der Waals surface area contributed by atoms with E-state index in [9.17, 15) is 13.2 Å². The molecule has 0 atom stereocenters. The Morgan fingerprint density at radius 2 is 1.86 bits per heavy atom. The molecule has 0 unspecified atom stereocenters. The van der Waals surface area contributed by atoms with Crippen molar-refractivity contribution < 1.29 is 13.2 Å². The minimum absolute atomic E-state index is 0.112. The SMILES string of the molecule is Cc1cc(SC(C)C)c(S(C)(=O)=O)cc1C(=O)N=C(N)N. The van der Waals surface area contributed by atoms with Gasteiger partial charge >= 0.3 is 0 Å². The summed E-state index contributed by atoms with van der Waals surface area (Å²) in [5.74, 6) is -1.01. The van der Waals surface area contributed by atoms with Crippen LogP contribution in [0.1, 0.15) is 29.8 Å². The summed E-state index contributed by atoms with van der Waals surface area (Å²) in [5.41, 5.74) is 11.2. The van der Waals surface area contributed by atoms with Crippen molar-refractivity contribution >= 4 is 33.5 Å². The molecule has 0 heterocycles. The highest BCUT2D eigenvalue weighted by Crippen LogP contribution is 2.32. The molecule has 4 N–H and O–H groups in total. The number of nitrogens with zero attached hydrogens (tertiary/aromatic N) is 1. The van der Waals surface area contributed by atoms with E-state index in [-0.39, 0.29) is 21.7 Å². The van der Waals surface area contributed by atoms with Gasteiger partial charge in [0.25, 0.3) is 5.91 Å². The van der Waals surface area contributed by atoms with Gasteiger partial charge in [0.15, 0.2) is 15.8 Å².